The number of hydrogen-bond acceptors (Lipinski definition) is 4. The molecule has 1 aliphatic heterocycles. The van der Waals surface area contributed by atoms with Gasteiger partial charge in [0, 0.05) is 22.6 Å². The zero-order valence-corrected chi connectivity index (χ0v) is 17.7. The summed E-state index contributed by atoms with van der Waals surface area (Å²) in [5.41, 5.74) is 2.59. The summed E-state index contributed by atoms with van der Waals surface area (Å²) in [6.45, 7) is 0. The first-order valence-electron chi connectivity index (χ1n) is 9.75. The molecule has 158 valence electrons. The Morgan fingerprint density at radius 2 is 1.87 bits per heavy atom. The second-order valence-electron chi connectivity index (χ2n) is 7.07. The number of rotatable bonds is 5. The Bertz CT molecular complexity index is 1110. The van der Waals surface area contributed by atoms with Crippen molar-refractivity contribution in [3.05, 3.63) is 84.2 Å². The van der Waals surface area contributed by atoms with Crippen LogP contribution in [0.4, 0.5) is 10.1 Å². The minimum absolute atomic E-state index is 0.232. The van der Waals surface area contributed by atoms with Gasteiger partial charge >= 0.3 is 0 Å². The highest BCUT2D eigenvalue weighted by atomic mass is 32.2. The van der Waals surface area contributed by atoms with Crippen molar-refractivity contribution >= 4 is 29.3 Å². The number of nitrogens with one attached hydrogen (secondary N) is 1. The van der Waals surface area contributed by atoms with E-state index >= 15 is 0 Å². The van der Waals surface area contributed by atoms with Gasteiger partial charge in [0.2, 0.25) is 5.91 Å². The second-order valence-corrected chi connectivity index (χ2v) is 8.07. The van der Waals surface area contributed by atoms with Gasteiger partial charge in [-0.2, -0.15) is 0 Å². The number of benzene rings is 3. The smallest absolute Gasteiger partial charge is 0.255 e. The minimum Gasteiger partial charge on any atom is -0.496 e. The Balaban J connectivity index is 1.57. The van der Waals surface area contributed by atoms with Crippen LogP contribution < -0.4 is 10.1 Å². The number of carbonyl (C=O) groups excluding carboxylic acids is 2. The van der Waals surface area contributed by atoms with E-state index in [9.17, 15) is 14.0 Å². The largest absolute Gasteiger partial charge is 0.496 e. The van der Waals surface area contributed by atoms with Crippen LogP contribution in [-0.4, -0.2) is 41.5 Å². The summed E-state index contributed by atoms with van der Waals surface area (Å²) in [6, 6.07) is 20.0. The Hall–Kier alpha value is -3.32. The molecule has 0 aliphatic carbocycles. The van der Waals surface area contributed by atoms with E-state index < -0.39 is 11.9 Å². The SMILES string of the molecule is COc1ccc(C(=O)N2CSCC2C(=O)Nc2cccc(F)c2)cc1-c1ccccc1. The lowest BCUT2D eigenvalue weighted by Gasteiger charge is -2.23. The van der Waals surface area contributed by atoms with Crippen molar-refractivity contribution < 1.29 is 18.7 Å². The zero-order chi connectivity index (χ0) is 21.8. The number of halogens is 1. The molecule has 4 rings (SSSR count). The summed E-state index contributed by atoms with van der Waals surface area (Å²) in [5.74, 6) is 0.559. The van der Waals surface area contributed by atoms with Crippen molar-refractivity contribution in [3.8, 4) is 16.9 Å². The molecule has 1 saturated heterocycles. The molecule has 1 N–H and O–H groups in total. The van der Waals surface area contributed by atoms with Crippen LogP contribution in [0.25, 0.3) is 11.1 Å². The van der Waals surface area contributed by atoms with Crippen molar-refractivity contribution in [1.82, 2.24) is 4.90 Å². The number of methoxy groups -OCH3 is 1. The number of thioether (sulfide) groups is 1. The molecule has 0 radical (unpaired) electrons. The molecule has 1 heterocycles. The van der Waals surface area contributed by atoms with Gasteiger partial charge in [0.15, 0.2) is 0 Å². The molecule has 1 aliphatic rings. The van der Waals surface area contributed by atoms with Crippen molar-refractivity contribution in [2.75, 3.05) is 24.1 Å². The van der Waals surface area contributed by atoms with E-state index in [0.717, 1.165) is 11.1 Å². The summed E-state index contributed by atoms with van der Waals surface area (Å²) < 4.78 is 18.9. The first-order chi connectivity index (χ1) is 15.1. The molecule has 0 bridgehead atoms. The molecule has 2 amide bonds. The van der Waals surface area contributed by atoms with Crippen molar-refractivity contribution in [3.63, 3.8) is 0 Å². The molecule has 31 heavy (non-hydrogen) atoms. The lowest BCUT2D eigenvalue weighted by molar-refractivity contribution is -0.119. The molecule has 5 nitrogen and oxygen atoms in total. The summed E-state index contributed by atoms with van der Waals surface area (Å²) in [4.78, 5) is 27.6. The average Bonchev–Trinajstić information content (AvgIpc) is 3.29. The van der Waals surface area contributed by atoms with Crippen LogP contribution in [0.3, 0.4) is 0 Å². The molecule has 0 aromatic heterocycles. The van der Waals surface area contributed by atoms with Gasteiger partial charge in [0.25, 0.3) is 5.91 Å². The lowest BCUT2D eigenvalue weighted by atomic mass is 10.0. The van der Waals surface area contributed by atoms with E-state index in [1.165, 1.54) is 30.0 Å². The van der Waals surface area contributed by atoms with Gasteiger partial charge in [-0.3, -0.25) is 9.59 Å². The number of anilines is 1. The molecule has 0 saturated carbocycles. The van der Waals surface area contributed by atoms with Crippen LogP contribution >= 0.6 is 11.8 Å². The topological polar surface area (TPSA) is 58.6 Å². The molecule has 3 aromatic rings. The Morgan fingerprint density at radius 1 is 1.06 bits per heavy atom. The van der Waals surface area contributed by atoms with Gasteiger partial charge in [-0.05, 0) is 42.0 Å². The van der Waals surface area contributed by atoms with Crippen LogP contribution in [0.1, 0.15) is 10.4 Å². The van der Waals surface area contributed by atoms with Crippen molar-refractivity contribution in [1.29, 1.82) is 0 Å². The third kappa shape index (κ3) is 4.56. The van der Waals surface area contributed by atoms with E-state index in [1.54, 1.807) is 36.3 Å². The molecular weight excluding hydrogens is 415 g/mol. The fraction of sp³-hybridized carbons (Fsp3) is 0.167. The van der Waals surface area contributed by atoms with Gasteiger partial charge in [0.05, 0.1) is 13.0 Å². The fourth-order valence-corrected chi connectivity index (χ4v) is 4.66. The predicted octanol–water partition coefficient (Wildman–Crippen LogP) is 4.66. The van der Waals surface area contributed by atoms with Crippen molar-refractivity contribution in [2.45, 2.75) is 6.04 Å². The average molecular weight is 437 g/mol. The number of amides is 2. The molecule has 1 atom stereocenters. The summed E-state index contributed by atoms with van der Waals surface area (Å²) >= 11 is 1.51. The normalized spacial score (nSPS) is 15.5. The summed E-state index contributed by atoms with van der Waals surface area (Å²) in [6.07, 6.45) is 0. The Kier molecular flexibility index (Phi) is 6.23. The third-order valence-electron chi connectivity index (χ3n) is 5.07. The highest BCUT2D eigenvalue weighted by Crippen LogP contribution is 2.32. The van der Waals surface area contributed by atoms with E-state index in [2.05, 4.69) is 5.32 Å². The van der Waals surface area contributed by atoms with E-state index in [0.29, 0.717) is 28.6 Å². The monoisotopic (exact) mass is 436 g/mol. The maximum atomic E-state index is 13.4. The predicted molar refractivity (Wildman–Crippen MR) is 121 cm³/mol. The van der Waals surface area contributed by atoms with E-state index in [1.807, 2.05) is 30.3 Å². The number of carbonyl (C=O) groups is 2. The zero-order valence-electron chi connectivity index (χ0n) is 16.9. The van der Waals surface area contributed by atoms with Crippen LogP contribution in [0.2, 0.25) is 0 Å². The standard InChI is InChI=1S/C24H21FN2O3S/c1-30-22-11-10-17(12-20(22)16-6-3-2-4-7-16)24(29)27-15-31-14-21(27)23(28)26-19-9-5-8-18(25)13-19/h2-13,21H,14-15H2,1H3,(H,26,28). The lowest BCUT2D eigenvalue weighted by Crippen LogP contribution is -2.44. The quantitative estimate of drug-likeness (QED) is 0.632. The van der Waals surface area contributed by atoms with Gasteiger partial charge in [0.1, 0.15) is 17.6 Å². The van der Waals surface area contributed by atoms with Gasteiger partial charge in [-0.25, -0.2) is 4.39 Å². The fourth-order valence-electron chi connectivity index (χ4n) is 3.50. The maximum absolute atomic E-state index is 13.4. The van der Waals surface area contributed by atoms with Crippen LogP contribution in [0, 0.1) is 5.82 Å². The summed E-state index contributed by atoms with van der Waals surface area (Å²) in [7, 11) is 1.59. The Labute approximate surface area is 184 Å². The van der Waals surface area contributed by atoms with E-state index in [-0.39, 0.29) is 11.8 Å². The number of nitrogens with zero attached hydrogens (tertiary/aromatic N) is 1. The van der Waals surface area contributed by atoms with Gasteiger partial charge in [-0.1, -0.05) is 36.4 Å². The van der Waals surface area contributed by atoms with Crippen LogP contribution in [0.15, 0.2) is 72.8 Å². The second kappa shape index (κ2) is 9.22. The van der Waals surface area contributed by atoms with Gasteiger partial charge in [-0.15, -0.1) is 11.8 Å². The number of ether oxygens (including phenoxy) is 1. The summed E-state index contributed by atoms with van der Waals surface area (Å²) in [5, 5.41) is 2.71. The maximum Gasteiger partial charge on any atom is 0.255 e. The third-order valence-corrected chi connectivity index (χ3v) is 6.08. The number of hydrogen-bond donors (Lipinski definition) is 1. The molecule has 1 unspecified atom stereocenters. The first-order valence-corrected chi connectivity index (χ1v) is 10.9. The minimum atomic E-state index is -0.636. The molecular formula is C24H21FN2O3S. The molecule has 7 heteroatoms. The first kappa shape index (κ1) is 20.9. The van der Waals surface area contributed by atoms with Gasteiger partial charge < -0.3 is 15.0 Å². The highest BCUT2D eigenvalue weighted by molar-refractivity contribution is 7.99. The van der Waals surface area contributed by atoms with E-state index in [4.69, 9.17) is 4.74 Å². The molecule has 0 spiro atoms. The highest BCUT2D eigenvalue weighted by Gasteiger charge is 2.35. The molecule has 1 fully saturated rings. The molecule has 3 aromatic carbocycles. The van der Waals surface area contributed by atoms with Crippen molar-refractivity contribution in [2.24, 2.45) is 0 Å². The van der Waals surface area contributed by atoms with Crippen LogP contribution in [-0.2, 0) is 4.79 Å². The Morgan fingerprint density at radius 3 is 2.61 bits per heavy atom. The van der Waals surface area contributed by atoms with Crippen LogP contribution in [0.5, 0.6) is 5.75 Å².